The second kappa shape index (κ2) is 7.93. The lowest BCUT2D eigenvalue weighted by Crippen LogP contribution is -2.36. The van der Waals surface area contributed by atoms with Crippen molar-refractivity contribution in [2.24, 2.45) is 5.92 Å². The topological polar surface area (TPSA) is 90.1 Å². The second-order valence-corrected chi connectivity index (χ2v) is 9.96. The molecule has 1 aliphatic heterocycles. The van der Waals surface area contributed by atoms with Crippen molar-refractivity contribution in [3.8, 4) is 0 Å². The summed E-state index contributed by atoms with van der Waals surface area (Å²) in [6.45, 7) is 5.53. The molecular weight excluding hydrogens is 380 g/mol. The van der Waals surface area contributed by atoms with Crippen molar-refractivity contribution in [1.82, 2.24) is 15.3 Å². The number of rotatable bonds is 5. The molecule has 1 aliphatic carbocycles. The molecule has 0 aromatic carbocycles. The molecule has 0 saturated carbocycles. The summed E-state index contributed by atoms with van der Waals surface area (Å²) in [6.07, 6.45) is 5.57. The number of aromatic nitrogens is 2. The molecule has 0 radical (unpaired) electrons. The molecule has 2 aromatic heterocycles. The Kier molecular flexibility index (Phi) is 5.57. The van der Waals surface area contributed by atoms with Crippen LogP contribution in [-0.2, 0) is 22.4 Å². The number of nitrogen functional groups attached to an aromatic ring is 1. The highest BCUT2D eigenvalue weighted by Gasteiger charge is 2.25. The molecule has 2 aromatic rings. The van der Waals surface area contributed by atoms with Crippen LogP contribution >= 0.6 is 23.1 Å². The standard InChI is InChI=1S/C19H26N4O2S2/c1-10-5-6-13-14(8-10)27-18-15(13)16(20)22-19(23-18)26-11(2)17(24)21-9-12-4-3-7-25-12/h10-12H,3-9H2,1-2H3,(H,21,24)(H2,20,22,23). The maximum atomic E-state index is 12.4. The first kappa shape index (κ1) is 19.0. The molecule has 4 rings (SSSR count). The van der Waals surface area contributed by atoms with Crippen LogP contribution in [0.25, 0.3) is 10.2 Å². The zero-order valence-electron chi connectivity index (χ0n) is 15.8. The summed E-state index contributed by atoms with van der Waals surface area (Å²) in [5.41, 5.74) is 7.62. The average Bonchev–Trinajstić information content (AvgIpc) is 3.26. The third kappa shape index (κ3) is 4.07. The predicted octanol–water partition coefficient (Wildman–Crippen LogP) is 3.17. The van der Waals surface area contributed by atoms with Crippen LogP contribution in [0.15, 0.2) is 5.16 Å². The zero-order valence-corrected chi connectivity index (χ0v) is 17.4. The predicted molar refractivity (Wildman–Crippen MR) is 110 cm³/mol. The summed E-state index contributed by atoms with van der Waals surface area (Å²) in [4.78, 5) is 23.9. The Morgan fingerprint density at radius 2 is 2.30 bits per heavy atom. The van der Waals surface area contributed by atoms with E-state index >= 15 is 0 Å². The molecule has 27 heavy (non-hydrogen) atoms. The number of carbonyl (C=O) groups excluding carboxylic acids is 1. The van der Waals surface area contributed by atoms with E-state index in [1.165, 1.54) is 28.6 Å². The van der Waals surface area contributed by atoms with E-state index in [1.807, 2.05) is 6.92 Å². The van der Waals surface area contributed by atoms with Crippen molar-refractivity contribution < 1.29 is 9.53 Å². The van der Waals surface area contributed by atoms with Crippen molar-refractivity contribution in [3.63, 3.8) is 0 Å². The summed E-state index contributed by atoms with van der Waals surface area (Å²) in [5.74, 6) is 1.24. The molecule has 1 fully saturated rings. The molecule has 3 heterocycles. The number of nitrogens with zero attached hydrogens (tertiary/aromatic N) is 2. The van der Waals surface area contributed by atoms with Gasteiger partial charge in [-0.25, -0.2) is 9.97 Å². The van der Waals surface area contributed by atoms with E-state index in [4.69, 9.17) is 15.5 Å². The van der Waals surface area contributed by atoms with E-state index < -0.39 is 0 Å². The number of nitrogens with two attached hydrogens (primary N) is 1. The van der Waals surface area contributed by atoms with Crippen LogP contribution < -0.4 is 11.1 Å². The Morgan fingerprint density at radius 3 is 3.07 bits per heavy atom. The average molecular weight is 407 g/mol. The Labute approximate surface area is 167 Å². The zero-order chi connectivity index (χ0) is 19.0. The van der Waals surface area contributed by atoms with Gasteiger partial charge in [0, 0.05) is 18.0 Å². The van der Waals surface area contributed by atoms with Gasteiger partial charge in [0.15, 0.2) is 5.16 Å². The minimum atomic E-state index is -0.280. The fraction of sp³-hybridized carbons (Fsp3) is 0.632. The number of thioether (sulfide) groups is 1. The van der Waals surface area contributed by atoms with Gasteiger partial charge >= 0.3 is 0 Å². The SMILES string of the molecule is CC1CCc2c(sc3nc(SC(C)C(=O)NCC4CCCO4)nc(N)c23)C1. The van der Waals surface area contributed by atoms with Crippen LogP contribution in [0.4, 0.5) is 5.82 Å². The van der Waals surface area contributed by atoms with E-state index in [1.54, 1.807) is 11.3 Å². The van der Waals surface area contributed by atoms with Crippen molar-refractivity contribution in [3.05, 3.63) is 10.4 Å². The summed E-state index contributed by atoms with van der Waals surface area (Å²) in [5, 5.41) is 4.30. The van der Waals surface area contributed by atoms with Gasteiger partial charge in [-0.1, -0.05) is 18.7 Å². The number of carbonyl (C=O) groups is 1. The number of anilines is 1. The van der Waals surface area contributed by atoms with Crippen molar-refractivity contribution >= 4 is 45.0 Å². The normalized spacial score (nSPS) is 23.3. The lowest BCUT2D eigenvalue weighted by Gasteiger charge is -2.17. The first-order valence-corrected chi connectivity index (χ1v) is 11.3. The maximum Gasteiger partial charge on any atom is 0.233 e. The molecule has 1 saturated heterocycles. The molecule has 0 spiro atoms. The molecule has 2 aliphatic rings. The largest absolute Gasteiger partial charge is 0.383 e. The summed E-state index contributed by atoms with van der Waals surface area (Å²) >= 11 is 3.09. The number of fused-ring (bicyclic) bond motifs is 3. The van der Waals surface area contributed by atoms with Gasteiger partial charge in [-0.15, -0.1) is 11.3 Å². The van der Waals surface area contributed by atoms with E-state index in [0.29, 0.717) is 23.4 Å². The molecule has 3 unspecified atom stereocenters. The summed E-state index contributed by atoms with van der Waals surface area (Å²) < 4.78 is 5.55. The van der Waals surface area contributed by atoms with E-state index in [0.717, 1.165) is 42.5 Å². The quantitative estimate of drug-likeness (QED) is 0.585. The fourth-order valence-electron chi connectivity index (χ4n) is 3.78. The van der Waals surface area contributed by atoms with Crippen LogP contribution in [0.3, 0.4) is 0 Å². The van der Waals surface area contributed by atoms with Gasteiger partial charge in [0.25, 0.3) is 0 Å². The van der Waals surface area contributed by atoms with Crippen molar-refractivity contribution in [2.45, 2.75) is 62.5 Å². The van der Waals surface area contributed by atoms with Crippen LogP contribution in [0.2, 0.25) is 0 Å². The van der Waals surface area contributed by atoms with Gasteiger partial charge < -0.3 is 15.8 Å². The third-order valence-corrected chi connectivity index (χ3v) is 7.45. The Bertz CT molecular complexity index is 848. The minimum Gasteiger partial charge on any atom is -0.383 e. The Hall–Kier alpha value is -1.38. The maximum absolute atomic E-state index is 12.4. The molecule has 146 valence electrons. The van der Waals surface area contributed by atoms with Crippen LogP contribution in [-0.4, -0.2) is 40.4 Å². The van der Waals surface area contributed by atoms with Gasteiger partial charge in [-0.3, -0.25) is 4.79 Å². The summed E-state index contributed by atoms with van der Waals surface area (Å²) in [6, 6.07) is 0. The lowest BCUT2D eigenvalue weighted by atomic mass is 9.89. The van der Waals surface area contributed by atoms with Crippen LogP contribution in [0, 0.1) is 5.92 Å². The first-order chi connectivity index (χ1) is 13.0. The number of hydrogen-bond acceptors (Lipinski definition) is 7. The van der Waals surface area contributed by atoms with E-state index in [9.17, 15) is 4.79 Å². The molecule has 3 atom stereocenters. The van der Waals surface area contributed by atoms with Gasteiger partial charge in [-0.2, -0.15) is 0 Å². The molecule has 8 heteroatoms. The third-order valence-electron chi connectivity index (χ3n) is 5.34. The van der Waals surface area contributed by atoms with Crippen LogP contribution in [0.5, 0.6) is 0 Å². The number of amides is 1. The number of nitrogens with one attached hydrogen (secondary N) is 1. The molecule has 6 nitrogen and oxygen atoms in total. The number of hydrogen-bond donors (Lipinski definition) is 2. The van der Waals surface area contributed by atoms with Crippen molar-refractivity contribution in [1.29, 1.82) is 0 Å². The lowest BCUT2D eigenvalue weighted by molar-refractivity contribution is -0.120. The molecule has 1 amide bonds. The molecular formula is C19H26N4O2S2. The van der Waals surface area contributed by atoms with Gasteiger partial charge in [0.05, 0.1) is 16.7 Å². The van der Waals surface area contributed by atoms with E-state index in [-0.39, 0.29) is 17.3 Å². The second-order valence-electron chi connectivity index (χ2n) is 7.56. The van der Waals surface area contributed by atoms with Gasteiger partial charge in [-0.05, 0) is 50.5 Å². The Morgan fingerprint density at radius 1 is 1.44 bits per heavy atom. The van der Waals surface area contributed by atoms with Gasteiger partial charge in [0.2, 0.25) is 5.91 Å². The van der Waals surface area contributed by atoms with Crippen LogP contribution in [0.1, 0.15) is 43.6 Å². The highest BCUT2D eigenvalue weighted by Crippen LogP contribution is 2.40. The minimum absolute atomic E-state index is 0.0166. The number of aryl methyl sites for hydroxylation is 1. The highest BCUT2D eigenvalue weighted by atomic mass is 32.2. The monoisotopic (exact) mass is 406 g/mol. The van der Waals surface area contributed by atoms with Crippen molar-refractivity contribution in [2.75, 3.05) is 18.9 Å². The first-order valence-electron chi connectivity index (χ1n) is 9.65. The number of thiophene rings is 1. The fourth-order valence-corrected chi connectivity index (χ4v) is 6.03. The van der Waals surface area contributed by atoms with Gasteiger partial charge in [0.1, 0.15) is 10.6 Å². The van der Waals surface area contributed by atoms with E-state index in [2.05, 4.69) is 17.2 Å². The number of ether oxygens (including phenoxy) is 1. The highest BCUT2D eigenvalue weighted by molar-refractivity contribution is 8.00. The Balaban J connectivity index is 1.46. The summed E-state index contributed by atoms with van der Waals surface area (Å²) in [7, 11) is 0. The molecule has 0 bridgehead atoms. The molecule has 3 N–H and O–H groups in total. The smallest absolute Gasteiger partial charge is 0.233 e.